The number of fused-ring (bicyclic) bond motifs is 1. The van der Waals surface area contributed by atoms with Gasteiger partial charge in [-0.3, -0.25) is 4.31 Å². The number of carbonyl (C=O) groups is 2. The van der Waals surface area contributed by atoms with Gasteiger partial charge in [-0.1, -0.05) is 29.8 Å². The number of nitrogens with zero attached hydrogens (tertiary/aromatic N) is 1. The number of hydrogen-bond donors (Lipinski definition) is 0. The molecule has 2 aliphatic rings. The molecule has 28 heavy (non-hydrogen) atoms. The Balaban J connectivity index is 1.65. The summed E-state index contributed by atoms with van der Waals surface area (Å²) in [6, 6.07) is 11.1. The van der Waals surface area contributed by atoms with Crippen LogP contribution in [0.2, 0.25) is 5.02 Å². The molecule has 1 unspecified atom stereocenters. The van der Waals surface area contributed by atoms with E-state index in [4.69, 9.17) is 21.1 Å². The fourth-order valence-electron chi connectivity index (χ4n) is 3.29. The summed E-state index contributed by atoms with van der Waals surface area (Å²) in [5, 5.41) is 0.00112. The van der Waals surface area contributed by atoms with E-state index in [1.807, 2.05) is 12.1 Å². The number of cyclic esters (lactones) is 1. The molecule has 0 bridgehead atoms. The number of anilines is 1. The van der Waals surface area contributed by atoms with Crippen LogP contribution in [0.3, 0.4) is 0 Å². The summed E-state index contributed by atoms with van der Waals surface area (Å²) in [5.41, 5.74) is 1.52. The third kappa shape index (κ3) is 3.22. The van der Waals surface area contributed by atoms with E-state index in [-0.39, 0.29) is 28.5 Å². The lowest BCUT2D eigenvalue weighted by Crippen LogP contribution is -2.29. The first kappa shape index (κ1) is 18.8. The molecule has 0 amide bonds. The number of hydrogen-bond acceptors (Lipinski definition) is 6. The molecule has 0 saturated carbocycles. The molecule has 2 aromatic rings. The third-order valence-corrected chi connectivity index (χ3v) is 7.01. The first-order valence-corrected chi connectivity index (χ1v) is 10.5. The fraction of sp³-hybridized carbons (Fsp3) is 0.263. The zero-order valence-electron chi connectivity index (χ0n) is 14.6. The van der Waals surface area contributed by atoms with E-state index >= 15 is 0 Å². The Morgan fingerprint density at radius 2 is 2.00 bits per heavy atom. The minimum Gasteiger partial charge on any atom is -0.463 e. The third-order valence-electron chi connectivity index (χ3n) is 4.72. The minimum atomic E-state index is -3.97. The van der Waals surface area contributed by atoms with Crippen molar-refractivity contribution in [3.05, 3.63) is 58.6 Å². The van der Waals surface area contributed by atoms with Crippen molar-refractivity contribution in [2.24, 2.45) is 0 Å². The summed E-state index contributed by atoms with van der Waals surface area (Å²) < 4.78 is 37.6. The van der Waals surface area contributed by atoms with Crippen molar-refractivity contribution in [3.8, 4) is 0 Å². The van der Waals surface area contributed by atoms with Crippen LogP contribution in [-0.4, -0.2) is 39.6 Å². The van der Waals surface area contributed by atoms with Crippen molar-refractivity contribution in [3.63, 3.8) is 0 Å². The molecule has 1 atom stereocenters. The number of halogens is 1. The monoisotopic (exact) mass is 421 g/mol. The first-order valence-electron chi connectivity index (χ1n) is 8.66. The van der Waals surface area contributed by atoms with Gasteiger partial charge in [-0.25, -0.2) is 18.0 Å². The van der Waals surface area contributed by atoms with Crippen LogP contribution < -0.4 is 4.31 Å². The average molecular weight is 422 g/mol. The van der Waals surface area contributed by atoms with Crippen molar-refractivity contribution in [2.75, 3.05) is 17.5 Å². The highest BCUT2D eigenvalue weighted by atomic mass is 35.5. The predicted molar refractivity (Wildman–Crippen MR) is 101 cm³/mol. The minimum absolute atomic E-state index is 0.00112. The number of rotatable bonds is 4. The summed E-state index contributed by atoms with van der Waals surface area (Å²) in [5.74, 6) is -1.41. The van der Waals surface area contributed by atoms with Gasteiger partial charge >= 0.3 is 11.9 Å². The Hall–Kier alpha value is -2.58. The second-order valence-corrected chi connectivity index (χ2v) is 8.69. The van der Waals surface area contributed by atoms with Crippen molar-refractivity contribution >= 4 is 39.3 Å². The van der Waals surface area contributed by atoms with Gasteiger partial charge in [0, 0.05) is 13.0 Å². The van der Waals surface area contributed by atoms with Crippen LogP contribution in [0.1, 0.15) is 22.3 Å². The van der Waals surface area contributed by atoms with Gasteiger partial charge in [0.15, 0.2) is 0 Å². The molecule has 0 spiro atoms. The number of carbonyl (C=O) groups excluding carboxylic acids is 2. The number of para-hydroxylation sites is 1. The highest BCUT2D eigenvalue weighted by Gasteiger charge is 2.34. The molecule has 2 aromatic carbocycles. The van der Waals surface area contributed by atoms with Crippen LogP contribution in [0.4, 0.5) is 5.69 Å². The van der Waals surface area contributed by atoms with Gasteiger partial charge in [-0.05, 0) is 36.2 Å². The van der Waals surface area contributed by atoms with Crippen LogP contribution >= 0.6 is 11.6 Å². The van der Waals surface area contributed by atoms with Crippen LogP contribution in [0.15, 0.2) is 47.4 Å². The highest BCUT2D eigenvalue weighted by molar-refractivity contribution is 7.93. The molecule has 1 saturated heterocycles. The Morgan fingerprint density at radius 1 is 1.21 bits per heavy atom. The molecule has 4 rings (SSSR count). The van der Waals surface area contributed by atoms with E-state index in [0.717, 1.165) is 5.56 Å². The van der Waals surface area contributed by atoms with Gasteiger partial charge in [0.25, 0.3) is 10.0 Å². The lowest BCUT2D eigenvalue weighted by Gasteiger charge is -2.20. The molecule has 1 fully saturated rings. The maximum atomic E-state index is 13.2. The van der Waals surface area contributed by atoms with Crippen molar-refractivity contribution in [2.45, 2.75) is 23.8 Å². The van der Waals surface area contributed by atoms with Gasteiger partial charge < -0.3 is 9.47 Å². The summed E-state index contributed by atoms with van der Waals surface area (Å²) in [6.45, 7) is 0.478. The molecular weight excluding hydrogens is 406 g/mol. The van der Waals surface area contributed by atoms with Gasteiger partial charge in [-0.15, -0.1) is 0 Å². The van der Waals surface area contributed by atoms with E-state index in [1.165, 1.54) is 22.5 Å². The van der Waals surface area contributed by atoms with Crippen LogP contribution in [0.25, 0.3) is 0 Å². The maximum absolute atomic E-state index is 13.2. The number of benzene rings is 2. The molecule has 0 N–H and O–H groups in total. The van der Waals surface area contributed by atoms with Crippen molar-refractivity contribution in [1.29, 1.82) is 0 Å². The van der Waals surface area contributed by atoms with Gasteiger partial charge in [-0.2, -0.15) is 0 Å². The molecule has 2 heterocycles. The SMILES string of the molecule is O=C(OC1CCOC1=O)c1ccc(Cl)c(S(=O)(=O)N2CCc3ccccc32)c1. The van der Waals surface area contributed by atoms with E-state index in [1.54, 1.807) is 12.1 Å². The molecule has 9 heteroatoms. The molecule has 146 valence electrons. The Labute approximate surface area is 166 Å². The summed E-state index contributed by atoms with van der Waals surface area (Å²) in [6.07, 6.45) is -0.111. The first-order chi connectivity index (χ1) is 13.4. The molecule has 0 aromatic heterocycles. The number of sulfonamides is 1. The molecule has 7 nitrogen and oxygen atoms in total. The summed E-state index contributed by atoms with van der Waals surface area (Å²) >= 11 is 6.15. The van der Waals surface area contributed by atoms with E-state index < -0.39 is 28.1 Å². The smallest absolute Gasteiger partial charge is 0.347 e. The van der Waals surface area contributed by atoms with Crippen LogP contribution in [0.5, 0.6) is 0 Å². The number of ether oxygens (including phenoxy) is 2. The average Bonchev–Trinajstić information content (AvgIpc) is 3.28. The Kier molecular flexibility index (Phi) is 4.76. The topological polar surface area (TPSA) is 90.0 Å². The predicted octanol–water partition coefficient (Wildman–Crippen LogP) is 2.56. The fourth-order valence-corrected chi connectivity index (χ4v) is 5.29. The van der Waals surface area contributed by atoms with E-state index in [2.05, 4.69) is 0 Å². The van der Waals surface area contributed by atoms with Crippen LogP contribution in [0, 0.1) is 0 Å². The van der Waals surface area contributed by atoms with E-state index in [0.29, 0.717) is 18.7 Å². The molecule has 0 aliphatic carbocycles. The number of esters is 2. The highest BCUT2D eigenvalue weighted by Crippen LogP contribution is 2.35. The summed E-state index contributed by atoms with van der Waals surface area (Å²) in [7, 11) is -3.97. The molecule has 0 radical (unpaired) electrons. The molecular formula is C19H16ClNO6S. The zero-order chi connectivity index (χ0) is 19.9. The zero-order valence-corrected chi connectivity index (χ0v) is 16.2. The molecule has 2 aliphatic heterocycles. The largest absolute Gasteiger partial charge is 0.463 e. The summed E-state index contributed by atoms with van der Waals surface area (Å²) in [4.78, 5) is 23.7. The Bertz CT molecular complexity index is 1070. The second kappa shape index (κ2) is 7.10. The normalized spacial score (nSPS) is 18.7. The quantitative estimate of drug-likeness (QED) is 0.705. The van der Waals surface area contributed by atoms with Crippen LogP contribution in [-0.2, 0) is 30.7 Å². The van der Waals surface area contributed by atoms with Crippen molar-refractivity contribution in [1.82, 2.24) is 0 Å². The van der Waals surface area contributed by atoms with Gasteiger partial charge in [0.1, 0.15) is 4.90 Å². The standard InChI is InChI=1S/C19H16ClNO6S/c20-14-6-5-13(18(22)27-16-8-10-26-19(16)23)11-17(14)28(24,25)21-9-7-12-3-1-2-4-15(12)21/h1-6,11,16H,7-10H2. The lowest BCUT2D eigenvalue weighted by molar-refractivity contribution is -0.145. The maximum Gasteiger partial charge on any atom is 0.347 e. The van der Waals surface area contributed by atoms with Gasteiger partial charge in [0.2, 0.25) is 6.10 Å². The van der Waals surface area contributed by atoms with E-state index in [9.17, 15) is 18.0 Å². The second-order valence-electron chi connectivity index (χ2n) is 6.45. The van der Waals surface area contributed by atoms with Crippen molar-refractivity contribution < 1.29 is 27.5 Å². The van der Waals surface area contributed by atoms with Gasteiger partial charge in [0.05, 0.1) is 22.9 Å². The Morgan fingerprint density at radius 3 is 2.75 bits per heavy atom. The lowest BCUT2D eigenvalue weighted by atomic mass is 10.2.